The number of aryl methyl sites for hydroxylation is 2. The van der Waals surface area contributed by atoms with Gasteiger partial charge in [0.05, 0.1) is 0 Å². The summed E-state index contributed by atoms with van der Waals surface area (Å²) < 4.78 is 6.84. The van der Waals surface area contributed by atoms with E-state index in [9.17, 15) is 9.59 Å². The van der Waals surface area contributed by atoms with E-state index in [0.29, 0.717) is 12.3 Å². The highest BCUT2D eigenvalue weighted by Gasteiger charge is 2.28. The van der Waals surface area contributed by atoms with Gasteiger partial charge in [0, 0.05) is 17.1 Å². The number of carbonyl (C=O) groups is 2. The van der Waals surface area contributed by atoms with Crippen molar-refractivity contribution in [2.24, 2.45) is 0 Å². The van der Waals surface area contributed by atoms with Crippen LogP contribution in [0.25, 0.3) is 0 Å². The zero-order valence-corrected chi connectivity index (χ0v) is 20.8. The van der Waals surface area contributed by atoms with Crippen LogP contribution in [0.15, 0.2) is 46.9 Å². The van der Waals surface area contributed by atoms with Gasteiger partial charge in [-0.15, -0.1) is 0 Å². The number of carbonyl (C=O) groups excluding carboxylic acids is 2. The first-order chi connectivity index (χ1) is 15.3. The number of amides is 2. The van der Waals surface area contributed by atoms with Crippen LogP contribution < -0.4 is 10.1 Å². The molecule has 0 saturated heterocycles. The monoisotopic (exact) mass is 500 g/mol. The maximum Gasteiger partial charge on any atom is 0.261 e. The highest BCUT2D eigenvalue weighted by atomic mass is 79.9. The smallest absolute Gasteiger partial charge is 0.261 e. The van der Waals surface area contributed by atoms with Gasteiger partial charge in [0.25, 0.3) is 5.91 Å². The summed E-state index contributed by atoms with van der Waals surface area (Å²) in [6.07, 6.45) is 5.53. The molecule has 1 aliphatic rings. The fourth-order valence-corrected chi connectivity index (χ4v) is 4.29. The quantitative estimate of drug-likeness (QED) is 0.534. The van der Waals surface area contributed by atoms with Crippen LogP contribution in [0.3, 0.4) is 0 Å². The summed E-state index contributed by atoms with van der Waals surface area (Å²) in [6, 6.07) is 13.3. The Balaban J connectivity index is 1.72. The van der Waals surface area contributed by atoms with Gasteiger partial charge in [-0.3, -0.25) is 9.59 Å². The van der Waals surface area contributed by atoms with E-state index in [0.717, 1.165) is 46.8 Å². The van der Waals surface area contributed by atoms with Gasteiger partial charge in [0.2, 0.25) is 5.91 Å². The lowest BCUT2D eigenvalue weighted by Crippen LogP contribution is -2.51. The second-order valence-electron chi connectivity index (χ2n) is 8.73. The summed E-state index contributed by atoms with van der Waals surface area (Å²) in [5, 5.41) is 3.16. The molecule has 2 aromatic carbocycles. The number of nitrogens with one attached hydrogen (secondary N) is 1. The molecule has 1 N–H and O–H groups in total. The molecule has 5 nitrogen and oxygen atoms in total. The fraction of sp³-hybridized carbons (Fsp3) is 0.462. The number of rotatable bonds is 8. The van der Waals surface area contributed by atoms with Crippen LogP contribution in [-0.4, -0.2) is 35.4 Å². The molecule has 0 aliphatic heterocycles. The highest BCUT2D eigenvalue weighted by Crippen LogP contribution is 2.21. The minimum absolute atomic E-state index is 0.103. The fourth-order valence-electron chi connectivity index (χ4n) is 4.02. The molecule has 3 rings (SSSR count). The van der Waals surface area contributed by atoms with Gasteiger partial charge in [-0.2, -0.15) is 0 Å². The highest BCUT2D eigenvalue weighted by molar-refractivity contribution is 9.10. The van der Waals surface area contributed by atoms with E-state index in [2.05, 4.69) is 21.2 Å². The molecule has 6 heteroatoms. The van der Waals surface area contributed by atoms with Crippen LogP contribution in [0.1, 0.15) is 55.7 Å². The van der Waals surface area contributed by atoms with Crippen molar-refractivity contribution in [2.45, 2.75) is 71.5 Å². The van der Waals surface area contributed by atoms with Crippen molar-refractivity contribution < 1.29 is 14.3 Å². The normalized spacial score (nSPS) is 15.1. The largest absolute Gasteiger partial charge is 0.483 e. The Hall–Kier alpha value is -2.34. The van der Waals surface area contributed by atoms with E-state index in [1.165, 1.54) is 6.42 Å². The Morgan fingerprint density at radius 1 is 1.09 bits per heavy atom. The molecular weight excluding hydrogens is 468 g/mol. The van der Waals surface area contributed by atoms with Gasteiger partial charge < -0.3 is 15.0 Å². The zero-order chi connectivity index (χ0) is 23.1. The van der Waals surface area contributed by atoms with E-state index < -0.39 is 6.04 Å². The molecule has 2 amide bonds. The second-order valence-corrected chi connectivity index (χ2v) is 9.64. The van der Waals surface area contributed by atoms with Gasteiger partial charge >= 0.3 is 0 Å². The number of hydrogen-bond donors (Lipinski definition) is 1. The van der Waals surface area contributed by atoms with Crippen molar-refractivity contribution in [3.8, 4) is 5.75 Å². The first-order valence-electron chi connectivity index (χ1n) is 11.4. The molecule has 2 aromatic rings. The van der Waals surface area contributed by atoms with Crippen molar-refractivity contribution in [1.29, 1.82) is 0 Å². The first kappa shape index (κ1) is 24.3. The summed E-state index contributed by atoms with van der Waals surface area (Å²) in [7, 11) is 0. The number of nitrogens with zero attached hydrogens (tertiary/aromatic N) is 1. The third-order valence-corrected chi connectivity index (χ3v) is 6.61. The molecule has 1 fully saturated rings. The zero-order valence-electron chi connectivity index (χ0n) is 19.2. The minimum atomic E-state index is -0.588. The van der Waals surface area contributed by atoms with Gasteiger partial charge in [-0.05, 0) is 68.5 Å². The molecule has 1 unspecified atom stereocenters. The predicted molar refractivity (Wildman–Crippen MR) is 131 cm³/mol. The lowest BCUT2D eigenvalue weighted by atomic mass is 9.95. The number of ether oxygens (including phenoxy) is 1. The summed E-state index contributed by atoms with van der Waals surface area (Å²) in [6.45, 7) is 5.99. The van der Waals surface area contributed by atoms with Crippen molar-refractivity contribution in [1.82, 2.24) is 10.2 Å². The molecule has 0 radical (unpaired) electrons. The SMILES string of the molecule is Cc1ccc(C)c(OCC(=O)N(Cc2ccc(Br)cc2)C(C)C(=O)NC2CCCCC2)c1. The van der Waals surface area contributed by atoms with Crippen LogP contribution in [0.2, 0.25) is 0 Å². The Labute approximate surface area is 199 Å². The lowest BCUT2D eigenvalue weighted by molar-refractivity contribution is -0.142. The van der Waals surface area contributed by atoms with Crippen molar-refractivity contribution in [2.75, 3.05) is 6.61 Å². The Kier molecular flexibility index (Phi) is 8.74. The van der Waals surface area contributed by atoms with Crippen LogP contribution >= 0.6 is 15.9 Å². The van der Waals surface area contributed by atoms with E-state index in [1.807, 2.05) is 56.3 Å². The van der Waals surface area contributed by atoms with E-state index in [1.54, 1.807) is 11.8 Å². The second kappa shape index (κ2) is 11.5. The predicted octanol–water partition coefficient (Wildman–Crippen LogP) is 5.31. The molecule has 0 bridgehead atoms. The summed E-state index contributed by atoms with van der Waals surface area (Å²) in [4.78, 5) is 27.9. The third-order valence-electron chi connectivity index (χ3n) is 6.08. The number of benzene rings is 2. The minimum Gasteiger partial charge on any atom is -0.483 e. The van der Waals surface area contributed by atoms with Crippen LogP contribution in [0.5, 0.6) is 5.75 Å². The van der Waals surface area contributed by atoms with Gasteiger partial charge in [-0.1, -0.05) is 59.5 Å². The molecule has 1 saturated carbocycles. The maximum atomic E-state index is 13.2. The van der Waals surface area contributed by atoms with Crippen molar-refractivity contribution in [3.05, 3.63) is 63.6 Å². The summed E-state index contributed by atoms with van der Waals surface area (Å²) in [5.74, 6) is 0.385. The molecular formula is C26H33BrN2O3. The maximum absolute atomic E-state index is 13.2. The van der Waals surface area contributed by atoms with Gasteiger partial charge in [-0.25, -0.2) is 0 Å². The molecule has 172 valence electrons. The molecule has 0 spiro atoms. The Bertz CT molecular complexity index is 923. The summed E-state index contributed by atoms with van der Waals surface area (Å²) in [5.41, 5.74) is 3.02. The van der Waals surface area contributed by atoms with Crippen molar-refractivity contribution >= 4 is 27.7 Å². The average Bonchev–Trinajstić information content (AvgIpc) is 2.79. The standard InChI is InChI=1S/C26H33BrN2O3/c1-18-9-10-19(2)24(15-18)32-17-25(30)29(16-21-11-13-22(27)14-12-21)20(3)26(31)28-23-7-5-4-6-8-23/h9-15,20,23H,4-8,16-17H2,1-3H3,(H,28,31). The third kappa shape index (κ3) is 6.83. The van der Waals surface area contributed by atoms with Crippen LogP contribution in [0.4, 0.5) is 0 Å². The molecule has 0 heterocycles. The molecule has 1 aliphatic carbocycles. The van der Waals surface area contributed by atoms with Gasteiger partial charge in [0.1, 0.15) is 11.8 Å². The average molecular weight is 501 g/mol. The number of halogens is 1. The van der Waals surface area contributed by atoms with Gasteiger partial charge in [0.15, 0.2) is 6.61 Å². The Morgan fingerprint density at radius 2 is 1.78 bits per heavy atom. The Morgan fingerprint density at radius 3 is 2.47 bits per heavy atom. The van der Waals surface area contributed by atoms with E-state index >= 15 is 0 Å². The van der Waals surface area contributed by atoms with Crippen LogP contribution in [0, 0.1) is 13.8 Å². The van der Waals surface area contributed by atoms with Crippen molar-refractivity contribution in [3.63, 3.8) is 0 Å². The summed E-state index contributed by atoms with van der Waals surface area (Å²) >= 11 is 3.45. The van der Waals surface area contributed by atoms with E-state index in [4.69, 9.17) is 4.74 Å². The van der Waals surface area contributed by atoms with Crippen LogP contribution in [-0.2, 0) is 16.1 Å². The molecule has 32 heavy (non-hydrogen) atoms. The van der Waals surface area contributed by atoms with E-state index in [-0.39, 0.29) is 24.5 Å². The first-order valence-corrected chi connectivity index (χ1v) is 12.2. The molecule has 1 atom stereocenters. The number of hydrogen-bond acceptors (Lipinski definition) is 3. The molecule has 0 aromatic heterocycles. The topological polar surface area (TPSA) is 58.6 Å². The lowest BCUT2D eigenvalue weighted by Gasteiger charge is -2.31.